The van der Waals surface area contributed by atoms with Crippen LogP contribution in [0.25, 0.3) is 10.9 Å². The molecule has 2 aromatic carbocycles. The molecule has 0 aliphatic rings. The molecule has 0 bridgehead atoms. The van der Waals surface area contributed by atoms with E-state index in [2.05, 4.69) is 15.3 Å². The normalized spacial score (nSPS) is 10.6. The minimum absolute atomic E-state index is 0.0626. The van der Waals surface area contributed by atoms with Crippen LogP contribution in [0.15, 0.2) is 36.7 Å². The summed E-state index contributed by atoms with van der Waals surface area (Å²) in [5.74, 6) is 1.24. The Kier molecular flexibility index (Phi) is 3.84. The van der Waals surface area contributed by atoms with Crippen molar-refractivity contribution in [3.8, 4) is 11.5 Å². The molecule has 0 saturated heterocycles. The molecule has 3 rings (SSSR count). The van der Waals surface area contributed by atoms with Crippen molar-refractivity contribution >= 4 is 28.1 Å². The number of nitrogens with zero attached hydrogens (tertiary/aromatic N) is 2. The van der Waals surface area contributed by atoms with Crippen LogP contribution < -0.4 is 20.5 Å². The first-order valence-corrected chi connectivity index (χ1v) is 6.81. The van der Waals surface area contributed by atoms with Crippen LogP contribution in [0.3, 0.4) is 0 Å². The van der Waals surface area contributed by atoms with Crippen molar-refractivity contribution in [2.24, 2.45) is 0 Å². The van der Waals surface area contributed by atoms with E-state index in [0.29, 0.717) is 28.5 Å². The number of fused-ring (bicyclic) bond motifs is 1. The maximum Gasteiger partial charge on any atom is 0.162 e. The highest BCUT2D eigenvalue weighted by atomic mass is 19.1. The van der Waals surface area contributed by atoms with E-state index in [1.165, 1.54) is 18.5 Å². The number of nitrogen functional groups attached to an aromatic ring is 1. The molecule has 23 heavy (non-hydrogen) atoms. The van der Waals surface area contributed by atoms with Gasteiger partial charge < -0.3 is 20.5 Å². The van der Waals surface area contributed by atoms with Gasteiger partial charge in [-0.1, -0.05) is 0 Å². The van der Waals surface area contributed by atoms with E-state index in [-0.39, 0.29) is 5.69 Å². The second kappa shape index (κ2) is 5.96. The van der Waals surface area contributed by atoms with Gasteiger partial charge in [-0.05, 0) is 24.3 Å². The lowest BCUT2D eigenvalue weighted by Crippen LogP contribution is -1.99. The van der Waals surface area contributed by atoms with Crippen LogP contribution in [0.1, 0.15) is 0 Å². The van der Waals surface area contributed by atoms with Gasteiger partial charge in [-0.25, -0.2) is 14.4 Å². The maximum atomic E-state index is 13.3. The minimum Gasteiger partial charge on any atom is -0.493 e. The van der Waals surface area contributed by atoms with Crippen LogP contribution in [0.4, 0.5) is 21.6 Å². The zero-order chi connectivity index (χ0) is 16.4. The number of anilines is 3. The SMILES string of the molecule is COc1cc2ncnc(Nc3ccc(F)c(N)c3)c2cc1OC. The molecule has 0 aliphatic heterocycles. The van der Waals surface area contributed by atoms with Gasteiger partial charge in [-0.2, -0.15) is 0 Å². The largest absolute Gasteiger partial charge is 0.493 e. The maximum absolute atomic E-state index is 13.3. The number of hydrogen-bond acceptors (Lipinski definition) is 6. The highest BCUT2D eigenvalue weighted by molar-refractivity contribution is 5.93. The fraction of sp³-hybridized carbons (Fsp3) is 0.125. The Morgan fingerprint density at radius 2 is 1.78 bits per heavy atom. The molecule has 3 N–H and O–H groups in total. The number of methoxy groups -OCH3 is 2. The summed E-state index contributed by atoms with van der Waals surface area (Å²) >= 11 is 0. The van der Waals surface area contributed by atoms with Crippen LogP contribution in [-0.2, 0) is 0 Å². The molecule has 0 spiro atoms. The van der Waals surface area contributed by atoms with Crippen molar-refractivity contribution in [2.75, 3.05) is 25.3 Å². The number of rotatable bonds is 4. The predicted octanol–water partition coefficient (Wildman–Crippen LogP) is 3.11. The van der Waals surface area contributed by atoms with Gasteiger partial charge in [-0.3, -0.25) is 0 Å². The Labute approximate surface area is 132 Å². The van der Waals surface area contributed by atoms with Crippen LogP contribution in [0.5, 0.6) is 11.5 Å². The fourth-order valence-electron chi connectivity index (χ4n) is 2.24. The second-order valence-corrected chi connectivity index (χ2v) is 4.81. The summed E-state index contributed by atoms with van der Waals surface area (Å²) < 4.78 is 23.8. The first-order chi connectivity index (χ1) is 11.1. The van der Waals surface area contributed by atoms with Gasteiger partial charge in [0.15, 0.2) is 11.5 Å². The summed E-state index contributed by atoms with van der Waals surface area (Å²) in [5.41, 5.74) is 6.96. The summed E-state index contributed by atoms with van der Waals surface area (Å²) in [6, 6.07) is 7.93. The number of ether oxygens (including phenoxy) is 2. The molecule has 1 heterocycles. The number of hydrogen-bond donors (Lipinski definition) is 2. The first kappa shape index (κ1) is 14.8. The third-order valence-electron chi connectivity index (χ3n) is 3.40. The fourth-order valence-corrected chi connectivity index (χ4v) is 2.24. The van der Waals surface area contributed by atoms with Gasteiger partial charge in [-0.15, -0.1) is 0 Å². The van der Waals surface area contributed by atoms with E-state index < -0.39 is 5.82 Å². The third kappa shape index (κ3) is 2.80. The summed E-state index contributed by atoms with van der Waals surface area (Å²) in [7, 11) is 3.12. The number of halogens is 1. The summed E-state index contributed by atoms with van der Waals surface area (Å²) in [5, 5.41) is 3.85. The molecule has 0 radical (unpaired) electrons. The van der Waals surface area contributed by atoms with E-state index in [0.717, 1.165) is 5.39 Å². The molecular weight excluding hydrogens is 299 g/mol. The Morgan fingerprint density at radius 3 is 2.48 bits per heavy atom. The Hall–Kier alpha value is -3.09. The molecule has 0 atom stereocenters. The Bertz CT molecular complexity index is 870. The third-order valence-corrected chi connectivity index (χ3v) is 3.40. The van der Waals surface area contributed by atoms with Crippen molar-refractivity contribution in [1.82, 2.24) is 9.97 Å². The molecule has 0 unspecified atom stereocenters. The summed E-state index contributed by atoms with van der Waals surface area (Å²) in [6.45, 7) is 0. The number of benzene rings is 2. The minimum atomic E-state index is -0.463. The van der Waals surface area contributed by atoms with Crippen molar-refractivity contribution in [1.29, 1.82) is 0 Å². The average Bonchev–Trinajstić information content (AvgIpc) is 2.57. The molecule has 7 heteroatoms. The summed E-state index contributed by atoms with van der Waals surface area (Å²) in [6.07, 6.45) is 1.43. The quantitative estimate of drug-likeness (QED) is 0.720. The molecular formula is C16H15FN4O2. The van der Waals surface area contributed by atoms with Crippen LogP contribution in [0.2, 0.25) is 0 Å². The highest BCUT2D eigenvalue weighted by Crippen LogP contribution is 2.34. The Morgan fingerprint density at radius 1 is 1.04 bits per heavy atom. The molecule has 0 saturated carbocycles. The van der Waals surface area contributed by atoms with Gasteiger partial charge >= 0.3 is 0 Å². The van der Waals surface area contributed by atoms with Crippen molar-refractivity contribution in [3.63, 3.8) is 0 Å². The van der Waals surface area contributed by atoms with Gasteiger partial charge in [0.1, 0.15) is 18.0 Å². The van der Waals surface area contributed by atoms with Crippen molar-refractivity contribution in [2.45, 2.75) is 0 Å². The topological polar surface area (TPSA) is 82.3 Å². The predicted molar refractivity (Wildman–Crippen MR) is 86.7 cm³/mol. The van der Waals surface area contributed by atoms with Crippen molar-refractivity contribution < 1.29 is 13.9 Å². The second-order valence-electron chi connectivity index (χ2n) is 4.81. The van der Waals surface area contributed by atoms with Gasteiger partial charge in [0.25, 0.3) is 0 Å². The molecule has 1 aromatic heterocycles. The first-order valence-electron chi connectivity index (χ1n) is 6.81. The highest BCUT2D eigenvalue weighted by Gasteiger charge is 2.11. The Balaban J connectivity index is 2.08. The van der Waals surface area contributed by atoms with Crippen LogP contribution in [0, 0.1) is 5.82 Å². The van der Waals surface area contributed by atoms with Crippen LogP contribution in [-0.4, -0.2) is 24.2 Å². The van der Waals surface area contributed by atoms with Crippen molar-refractivity contribution in [3.05, 3.63) is 42.5 Å². The lowest BCUT2D eigenvalue weighted by atomic mass is 10.2. The molecule has 0 aliphatic carbocycles. The number of nitrogens with two attached hydrogens (primary N) is 1. The van der Waals surface area contributed by atoms with Gasteiger partial charge in [0, 0.05) is 17.1 Å². The standard InChI is InChI=1S/C16H15FN4O2/c1-22-14-6-10-13(7-15(14)23-2)19-8-20-16(10)21-9-3-4-11(17)12(18)5-9/h3-8H,18H2,1-2H3,(H,19,20,21). The molecule has 0 amide bonds. The van der Waals surface area contributed by atoms with E-state index in [4.69, 9.17) is 15.2 Å². The van der Waals surface area contributed by atoms with Gasteiger partial charge in [0.05, 0.1) is 25.4 Å². The zero-order valence-corrected chi connectivity index (χ0v) is 12.6. The van der Waals surface area contributed by atoms with E-state index in [1.54, 1.807) is 32.4 Å². The molecule has 118 valence electrons. The number of nitrogens with one attached hydrogen (secondary N) is 1. The number of aromatic nitrogens is 2. The van der Waals surface area contributed by atoms with E-state index in [1.807, 2.05) is 0 Å². The van der Waals surface area contributed by atoms with Gasteiger partial charge in [0.2, 0.25) is 0 Å². The van der Waals surface area contributed by atoms with E-state index >= 15 is 0 Å². The van der Waals surface area contributed by atoms with Crippen LogP contribution >= 0.6 is 0 Å². The average molecular weight is 314 g/mol. The smallest absolute Gasteiger partial charge is 0.162 e. The summed E-state index contributed by atoms with van der Waals surface area (Å²) in [4.78, 5) is 8.46. The zero-order valence-electron chi connectivity index (χ0n) is 12.6. The monoisotopic (exact) mass is 314 g/mol. The molecule has 0 fully saturated rings. The van der Waals surface area contributed by atoms with E-state index in [9.17, 15) is 4.39 Å². The molecule has 3 aromatic rings. The molecule has 6 nitrogen and oxygen atoms in total. The lowest BCUT2D eigenvalue weighted by molar-refractivity contribution is 0.356. The lowest BCUT2D eigenvalue weighted by Gasteiger charge is -2.12.